The molecular weight excluding hydrogens is 252 g/mol. The van der Waals surface area contributed by atoms with Gasteiger partial charge in [0.15, 0.2) is 0 Å². The first kappa shape index (κ1) is 13.1. The zero-order chi connectivity index (χ0) is 13.8. The maximum absolute atomic E-state index is 5.87. The predicted molar refractivity (Wildman–Crippen MR) is 76.6 cm³/mol. The number of imidazole rings is 1. The lowest BCUT2D eigenvalue weighted by Gasteiger charge is -2.12. The Morgan fingerprint density at radius 3 is 3.05 bits per heavy atom. The fourth-order valence-corrected chi connectivity index (χ4v) is 2.06. The van der Waals surface area contributed by atoms with Crippen LogP contribution in [0.1, 0.15) is 24.2 Å². The minimum atomic E-state index is 0.623. The van der Waals surface area contributed by atoms with Crippen LogP contribution in [0.3, 0.4) is 0 Å². The number of rotatable bonds is 7. The van der Waals surface area contributed by atoms with Crippen molar-refractivity contribution in [2.24, 2.45) is 0 Å². The zero-order valence-electron chi connectivity index (χ0n) is 11.7. The van der Waals surface area contributed by atoms with E-state index < -0.39 is 0 Å². The summed E-state index contributed by atoms with van der Waals surface area (Å²) in [5.74, 6) is 0.879. The number of hydrogen-bond acceptors (Lipinski definition) is 4. The standard InChI is InChI=1S/C15H20N4O/c1-12-2-5-15(14(18-12)10-17-13-3-4-13)20-9-8-19-7-6-16-11-19/h2,5-7,11,13,17H,3-4,8-10H2,1H3. The number of nitrogens with zero attached hydrogens (tertiary/aromatic N) is 3. The van der Waals surface area contributed by atoms with Crippen molar-refractivity contribution >= 4 is 0 Å². The summed E-state index contributed by atoms with van der Waals surface area (Å²) in [7, 11) is 0. The number of hydrogen-bond donors (Lipinski definition) is 1. The lowest BCUT2D eigenvalue weighted by atomic mass is 10.3. The average molecular weight is 272 g/mol. The van der Waals surface area contributed by atoms with Crippen molar-refractivity contribution in [2.75, 3.05) is 6.61 Å². The molecule has 20 heavy (non-hydrogen) atoms. The number of aromatic nitrogens is 3. The van der Waals surface area contributed by atoms with E-state index in [-0.39, 0.29) is 0 Å². The highest BCUT2D eigenvalue weighted by Gasteiger charge is 2.21. The van der Waals surface area contributed by atoms with Crippen LogP contribution in [0.25, 0.3) is 0 Å². The Morgan fingerprint density at radius 2 is 2.30 bits per heavy atom. The molecule has 106 valence electrons. The summed E-state index contributed by atoms with van der Waals surface area (Å²) in [6.45, 7) is 4.21. The smallest absolute Gasteiger partial charge is 0.142 e. The van der Waals surface area contributed by atoms with Gasteiger partial charge in [-0.25, -0.2) is 4.98 Å². The Bertz CT molecular complexity index is 549. The minimum Gasteiger partial charge on any atom is -0.490 e. The van der Waals surface area contributed by atoms with Gasteiger partial charge in [0.2, 0.25) is 0 Å². The molecule has 0 aromatic carbocycles. The quantitative estimate of drug-likeness (QED) is 0.836. The van der Waals surface area contributed by atoms with E-state index in [2.05, 4.69) is 15.3 Å². The van der Waals surface area contributed by atoms with Gasteiger partial charge in [0.25, 0.3) is 0 Å². The normalized spacial score (nSPS) is 14.4. The SMILES string of the molecule is Cc1ccc(OCCn2ccnc2)c(CNC2CC2)n1. The second kappa shape index (κ2) is 6.05. The Labute approximate surface area is 119 Å². The van der Waals surface area contributed by atoms with Gasteiger partial charge in [0.05, 0.1) is 18.6 Å². The van der Waals surface area contributed by atoms with Crippen molar-refractivity contribution < 1.29 is 4.74 Å². The molecule has 2 aromatic rings. The van der Waals surface area contributed by atoms with E-state index in [9.17, 15) is 0 Å². The zero-order valence-corrected chi connectivity index (χ0v) is 11.7. The molecule has 0 bridgehead atoms. The van der Waals surface area contributed by atoms with Gasteiger partial charge in [-0.05, 0) is 31.9 Å². The van der Waals surface area contributed by atoms with E-state index in [1.807, 2.05) is 29.8 Å². The molecule has 1 N–H and O–H groups in total. The van der Waals surface area contributed by atoms with Gasteiger partial charge in [-0.1, -0.05) is 0 Å². The fraction of sp³-hybridized carbons (Fsp3) is 0.467. The van der Waals surface area contributed by atoms with Gasteiger partial charge in [-0.15, -0.1) is 0 Å². The van der Waals surface area contributed by atoms with Crippen LogP contribution in [-0.2, 0) is 13.1 Å². The Hall–Kier alpha value is -1.88. The molecule has 1 aliphatic carbocycles. The molecule has 2 heterocycles. The molecule has 0 amide bonds. The largest absolute Gasteiger partial charge is 0.490 e. The van der Waals surface area contributed by atoms with Crippen molar-refractivity contribution in [3.05, 3.63) is 42.2 Å². The summed E-state index contributed by atoms with van der Waals surface area (Å²) in [4.78, 5) is 8.60. The van der Waals surface area contributed by atoms with Crippen LogP contribution in [0, 0.1) is 6.92 Å². The molecule has 2 aromatic heterocycles. The van der Waals surface area contributed by atoms with Gasteiger partial charge >= 0.3 is 0 Å². The Kier molecular flexibility index (Phi) is 3.97. The van der Waals surface area contributed by atoms with Gasteiger partial charge in [0, 0.05) is 30.7 Å². The van der Waals surface area contributed by atoms with E-state index in [1.165, 1.54) is 12.8 Å². The van der Waals surface area contributed by atoms with Gasteiger partial charge in [0.1, 0.15) is 12.4 Å². The maximum atomic E-state index is 5.87. The molecule has 1 saturated carbocycles. The number of nitrogens with one attached hydrogen (secondary N) is 1. The average Bonchev–Trinajstić information content (AvgIpc) is 3.13. The van der Waals surface area contributed by atoms with Crippen molar-refractivity contribution in [1.29, 1.82) is 0 Å². The van der Waals surface area contributed by atoms with Crippen LogP contribution < -0.4 is 10.1 Å². The number of aryl methyl sites for hydroxylation is 1. The van der Waals surface area contributed by atoms with E-state index in [0.29, 0.717) is 12.6 Å². The number of pyridine rings is 1. The first-order chi connectivity index (χ1) is 9.81. The molecule has 5 nitrogen and oxygen atoms in total. The van der Waals surface area contributed by atoms with Gasteiger partial charge < -0.3 is 14.6 Å². The van der Waals surface area contributed by atoms with Crippen LogP contribution in [0.5, 0.6) is 5.75 Å². The molecular formula is C15H20N4O. The van der Waals surface area contributed by atoms with Crippen molar-refractivity contribution in [3.63, 3.8) is 0 Å². The lowest BCUT2D eigenvalue weighted by molar-refractivity contribution is 0.293. The van der Waals surface area contributed by atoms with Gasteiger partial charge in [-0.3, -0.25) is 4.98 Å². The van der Waals surface area contributed by atoms with Crippen LogP contribution in [0.4, 0.5) is 0 Å². The highest BCUT2D eigenvalue weighted by atomic mass is 16.5. The summed E-state index contributed by atoms with van der Waals surface area (Å²) >= 11 is 0. The Morgan fingerprint density at radius 1 is 1.40 bits per heavy atom. The summed E-state index contributed by atoms with van der Waals surface area (Å²) in [6.07, 6.45) is 8.07. The topological polar surface area (TPSA) is 52.0 Å². The minimum absolute atomic E-state index is 0.623. The molecule has 1 fully saturated rings. The second-order valence-electron chi connectivity index (χ2n) is 5.20. The Balaban J connectivity index is 1.58. The highest BCUT2D eigenvalue weighted by molar-refractivity contribution is 5.29. The molecule has 0 unspecified atom stereocenters. The van der Waals surface area contributed by atoms with Crippen molar-refractivity contribution in [2.45, 2.75) is 38.9 Å². The molecule has 0 spiro atoms. The predicted octanol–water partition coefficient (Wildman–Crippen LogP) is 1.92. The molecule has 0 saturated heterocycles. The van der Waals surface area contributed by atoms with E-state index >= 15 is 0 Å². The van der Waals surface area contributed by atoms with E-state index in [1.54, 1.807) is 12.5 Å². The van der Waals surface area contributed by atoms with Crippen molar-refractivity contribution in [3.8, 4) is 5.75 Å². The molecule has 0 radical (unpaired) electrons. The third kappa shape index (κ3) is 3.57. The molecule has 3 rings (SSSR count). The fourth-order valence-electron chi connectivity index (χ4n) is 2.06. The summed E-state index contributed by atoms with van der Waals surface area (Å²) < 4.78 is 7.87. The molecule has 0 aliphatic heterocycles. The third-order valence-electron chi connectivity index (χ3n) is 3.37. The van der Waals surface area contributed by atoms with Gasteiger partial charge in [-0.2, -0.15) is 0 Å². The van der Waals surface area contributed by atoms with Crippen LogP contribution in [-0.4, -0.2) is 27.2 Å². The van der Waals surface area contributed by atoms with E-state index in [0.717, 1.165) is 30.2 Å². The first-order valence-electron chi connectivity index (χ1n) is 7.10. The molecule has 1 aliphatic rings. The summed E-state index contributed by atoms with van der Waals surface area (Å²) in [5, 5.41) is 3.49. The number of ether oxygens (including phenoxy) is 1. The van der Waals surface area contributed by atoms with Crippen molar-refractivity contribution in [1.82, 2.24) is 19.9 Å². The summed E-state index contributed by atoms with van der Waals surface area (Å²) in [6, 6.07) is 4.68. The van der Waals surface area contributed by atoms with Crippen LogP contribution in [0.15, 0.2) is 30.9 Å². The van der Waals surface area contributed by atoms with E-state index in [4.69, 9.17) is 4.74 Å². The molecule has 0 atom stereocenters. The maximum Gasteiger partial charge on any atom is 0.142 e. The first-order valence-corrected chi connectivity index (χ1v) is 7.10. The monoisotopic (exact) mass is 272 g/mol. The lowest BCUT2D eigenvalue weighted by Crippen LogP contribution is -2.18. The molecule has 5 heteroatoms. The highest BCUT2D eigenvalue weighted by Crippen LogP contribution is 2.22. The summed E-state index contributed by atoms with van der Waals surface area (Å²) in [5.41, 5.74) is 2.03. The van der Waals surface area contributed by atoms with Crippen LogP contribution in [0.2, 0.25) is 0 Å². The second-order valence-corrected chi connectivity index (χ2v) is 5.20. The van der Waals surface area contributed by atoms with Crippen LogP contribution >= 0.6 is 0 Å². The third-order valence-corrected chi connectivity index (χ3v) is 3.37.